The predicted molar refractivity (Wildman–Crippen MR) is 108 cm³/mol. The molecule has 0 spiro atoms. The van der Waals surface area contributed by atoms with Crippen LogP contribution >= 0.6 is 51.9 Å². The van der Waals surface area contributed by atoms with Crippen LogP contribution in [0.2, 0.25) is 10.0 Å². The summed E-state index contributed by atoms with van der Waals surface area (Å²) >= 11 is 12.9. The number of nitrogens with zero attached hydrogens (tertiary/aromatic N) is 2. The molecule has 142 valence electrons. The summed E-state index contributed by atoms with van der Waals surface area (Å²) in [4.78, 5) is 0. The highest BCUT2D eigenvalue weighted by atomic mass is 79.9. The summed E-state index contributed by atoms with van der Waals surface area (Å²) in [5.41, 5.74) is 0.472. The molecule has 1 N–H and O–H groups in total. The molecule has 0 saturated carbocycles. The molecule has 0 fully saturated rings. The molecule has 0 unspecified atom stereocenters. The number of thioether (sulfide) groups is 1. The van der Waals surface area contributed by atoms with E-state index in [0.29, 0.717) is 21.4 Å². The van der Waals surface area contributed by atoms with Gasteiger partial charge in [0.2, 0.25) is 0 Å². The Hall–Kier alpha value is -1.74. The molecular weight excluding hydrogens is 482 g/mol. The summed E-state index contributed by atoms with van der Waals surface area (Å²) < 4.78 is 23.8. The van der Waals surface area contributed by atoms with Crippen LogP contribution in [0.4, 0.5) is 4.39 Å². The maximum atomic E-state index is 12.9. The SMILES string of the molecule is Br.O/C(=C\Sc1nnc(COc2ccc(Cl)cc2Cl)o1)c1ccc(F)cc1. The number of hydrogen-bond acceptors (Lipinski definition) is 6. The molecule has 5 nitrogen and oxygen atoms in total. The third kappa shape index (κ3) is 6.14. The molecule has 0 atom stereocenters. The van der Waals surface area contributed by atoms with Gasteiger partial charge in [-0.25, -0.2) is 4.39 Å². The maximum Gasteiger partial charge on any atom is 0.281 e. The lowest BCUT2D eigenvalue weighted by molar-refractivity contribution is 0.252. The number of ether oxygens (including phenoxy) is 1. The van der Waals surface area contributed by atoms with Crippen LogP contribution in [-0.4, -0.2) is 15.3 Å². The molecule has 3 aromatic rings. The van der Waals surface area contributed by atoms with E-state index in [1.54, 1.807) is 18.2 Å². The highest BCUT2D eigenvalue weighted by Crippen LogP contribution is 2.28. The molecule has 0 radical (unpaired) electrons. The van der Waals surface area contributed by atoms with Gasteiger partial charge in [0, 0.05) is 16.0 Å². The summed E-state index contributed by atoms with van der Waals surface area (Å²) in [6.07, 6.45) is 0. The standard InChI is InChI=1S/C17H11Cl2FN2O3S.BrH/c18-11-3-6-15(13(19)7-11)24-8-16-21-22-17(25-16)26-9-14(23)10-1-4-12(20)5-2-10;/h1-7,9,23H,8H2;1H/b14-9-;. The molecule has 10 heteroatoms. The van der Waals surface area contributed by atoms with Gasteiger partial charge < -0.3 is 14.3 Å². The van der Waals surface area contributed by atoms with Crippen molar-refractivity contribution in [3.05, 3.63) is 75.2 Å². The molecule has 27 heavy (non-hydrogen) atoms. The summed E-state index contributed by atoms with van der Waals surface area (Å²) in [5, 5.41) is 20.2. The topological polar surface area (TPSA) is 68.4 Å². The van der Waals surface area contributed by atoms with Crippen molar-refractivity contribution in [2.24, 2.45) is 0 Å². The number of aliphatic hydroxyl groups excluding tert-OH is 1. The Bertz CT molecular complexity index is 938. The van der Waals surface area contributed by atoms with Crippen LogP contribution in [0.1, 0.15) is 11.5 Å². The van der Waals surface area contributed by atoms with Crippen molar-refractivity contribution in [1.82, 2.24) is 10.2 Å². The van der Waals surface area contributed by atoms with Crippen LogP contribution in [0.15, 0.2) is 57.5 Å². The van der Waals surface area contributed by atoms with Crippen molar-refractivity contribution in [3.63, 3.8) is 0 Å². The number of aromatic nitrogens is 2. The predicted octanol–water partition coefficient (Wildman–Crippen LogP) is 6.32. The fourth-order valence-corrected chi connectivity index (χ4v) is 2.91. The first kappa shape index (κ1) is 21.6. The second-order valence-electron chi connectivity index (χ2n) is 4.95. The number of halogens is 4. The molecule has 1 heterocycles. The Morgan fingerprint density at radius 3 is 2.63 bits per heavy atom. The fourth-order valence-electron chi connectivity index (χ4n) is 1.87. The van der Waals surface area contributed by atoms with Crippen LogP contribution in [0.25, 0.3) is 5.76 Å². The molecule has 3 rings (SSSR count). The third-order valence-electron chi connectivity index (χ3n) is 3.10. The van der Waals surface area contributed by atoms with Gasteiger partial charge in [-0.2, -0.15) is 0 Å². The molecule has 1 aromatic heterocycles. The van der Waals surface area contributed by atoms with Crippen molar-refractivity contribution in [2.75, 3.05) is 0 Å². The van der Waals surface area contributed by atoms with E-state index in [1.165, 1.54) is 29.7 Å². The average Bonchev–Trinajstić information content (AvgIpc) is 3.07. The van der Waals surface area contributed by atoms with Gasteiger partial charge in [-0.1, -0.05) is 23.2 Å². The lowest BCUT2D eigenvalue weighted by Crippen LogP contribution is -1.96. The van der Waals surface area contributed by atoms with Crippen molar-refractivity contribution in [3.8, 4) is 5.75 Å². The zero-order valence-electron chi connectivity index (χ0n) is 13.4. The normalized spacial score (nSPS) is 11.1. The average molecular weight is 494 g/mol. The van der Waals surface area contributed by atoms with E-state index in [9.17, 15) is 9.50 Å². The Kier molecular flexibility index (Phi) is 7.97. The minimum Gasteiger partial charge on any atom is -0.507 e. The van der Waals surface area contributed by atoms with Gasteiger partial charge in [0.05, 0.1) is 5.02 Å². The van der Waals surface area contributed by atoms with E-state index in [-0.39, 0.29) is 46.3 Å². The molecule has 0 saturated heterocycles. The van der Waals surface area contributed by atoms with E-state index in [1.807, 2.05) is 0 Å². The highest BCUT2D eigenvalue weighted by Gasteiger charge is 2.09. The number of aliphatic hydroxyl groups is 1. The fraction of sp³-hybridized carbons (Fsp3) is 0.0588. The van der Waals surface area contributed by atoms with Crippen molar-refractivity contribution < 1.29 is 18.7 Å². The zero-order chi connectivity index (χ0) is 18.5. The lowest BCUT2D eigenvalue weighted by atomic mass is 10.2. The summed E-state index contributed by atoms with van der Waals surface area (Å²) in [5.74, 6) is 0.265. The maximum absolute atomic E-state index is 12.9. The molecule has 0 aliphatic carbocycles. The summed E-state index contributed by atoms with van der Waals surface area (Å²) in [6, 6.07) is 10.3. The van der Waals surface area contributed by atoms with Gasteiger partial charge >= 0.3 is 0 Å². The van der Waals surface area contributed by atoms with Crippen molar-refractivity contribution in [1.29, 1.82) is 0 Å². The Balaban J connectivity index is 0.00000261. The molecule has 2 aromatic carbocycles. The van der Waals surface area contributed by atoms with Crippen molar-refractivity contribution in [2.45, 2.75) is 11.8 Å². The van der Waals surface area contributed by atoms with Crippen LogP contribution in [0.5, 0.6) is 5.75 Å². The lowest BCUT2D eigenvalue weighted by Gasteiger charge is -2.05. The smallest absolute Gasteiger partial charge is 0.281 e. The van der Waals surface area contributed by atoms with Crippen molar-refractivity contribution >= 4 is 57.7 Å². The molecular formula is C17H12BrCl2FN2O3S. The molecule has 0 amide bonds. The van der Waals surface area contributed by atoms with E-state index in [4.69, 9.17) is 32.4 Å². The number of benzene rings is 2. The quantitative estimate of drug-likeness (QED) is 0.320. The van der Waals surface area contributed by atoms with Gasteiger partial charge in [0.1, 0.15) is 17.3 Å². The van der Waals surface area contributed by atoms with E-state index >= 15 is 0 Å². The zero-order valence-corrected chi connectivity index (χ0v) is 17.5. The first-order valence-corrected chi connectivity index (χ1v) is 8.87. The first-order chi connectivity index (χ1) is 12.5. The first-order valence-electron chi connectivity index (χ1n) is 7.23. The Morgan fingerprint density at radius 2 is 1.93 bits per heavy atom. The number of hydrogen-bond donors (Lipinski definition) is 1. The second kappa shape index (κ2) is 9.98. The third-order valence-corrected chi connectivity index (χ3v) is 4.34. The molecule has 0 bridgehead atoms. The van der Waals surface area contributed by atoms with E-state index in [0.717, 1.165) is 11.8 Å². The monoisotopic (exact) mass is 492 g/mol. The van der Waals surface area contributed by atoms with Crippen LogP contribution in [0.3, 0.4) is 0 Å². The minimum absolute atomic E-state index is 0. The Labute approximate surface area is 178 Å². The van der Waals surface area contributed by atoms with Crippen LogP contribution in [0, 0.1) is 5.82 Å². The van der Waals surface area contributed by atoms with Crippen LogP contribution < -0.4 is 4.74 Å². The van der Waals surface area contributed by atoms with Gasteiger partial charge in [-0.15, -0.1) is 27.2 Å². The minimum atomic E-state index is -0.378. The van der Waals surface area contributed by atoms with Gasteiger partial charge in [0.15, 0.2) is 6.61 Å². The van der Waals surface area contributed by atoms with E-state index < -0.39 is 0 Å². The molecule has 0 aliphatic heterocycles. The second-order valence-corrected chi connectivity index (χ2v) is 6.62. The van der Waals surface area contributed by atoms with Gasteiger partial charge in [-0.3, -0.25) is 0 Å². The summed E-state index contributed by atoms with van der Waals surface area (Å²) in [6.45, 7) is 0.0303. The highest BCUT2D eigenvalue weighted by molar-refractivity contribution is 8.93. The van der Waals surface area contributed by atoms with Gasteiger partial charge in [0.25, 0.3) is 11.1 Å². The summed E-state index contributed by atoms with van der Waals surface area (Å²) in [7, 11) is 0. The Morgan fingerprint density at radius 1 is 1.19 bits per heavy atom. The largest absolute Gasteiger partial charge is 0.507 e. The van der Waals surface area contributed by atoms with Gasteiger partial charge in [-0.05, 0) is 54.2 Å². The molecule has 0 aliphatic rings. The number of rotatable bonds is 6. The van der Waals surface area contributed by atoms with Crippen LogP contribution in [-0.2, 0) is 6.61 Å². The van der Waals surface area contributed by atoms with E-state index in [2.05, 4.69) is 10.2 Å².